The van der Waals surface area contributed by atoms with Crippen LogP contribution in [0.1, 0.15) is 57.2 Å². The quantitative estimate of drug-likeness (QED) is 0.243. The van der Waals surface area contributed by atoms with Gasteiger partial charge in [-0.05, 0) is 91.8 Å². The van der Waals surface area contributed by atoms with Crippen molar-refractivity contribution >= 4 is 51.7 Å². The maximum atomic E-state index is 4.36. The highest BCUT2D eigenvalue weighted by atomic mass is 79.9. The fourth-order valence-corrected chi connectivity index (χ4v) is 17.1. The number of fused-ring (bicyclic) bond motifs is 3. The molecule has 36 heavy (non-hydrogen) atoms. The predicted molar refractivity (Wildman–Crippen MR) is 164 cm³/mol. The van der Waals surface area contributed by atoms with Gasteiger partial charge in [-0.15, -0.1) is 0 Å². The van der Waals surface area contributed by atoms with Crippen LogP contribution in [0.25, 0.3) is 6.08 Å². The van der Waals surface area contributed by atoms with E-state index in [1.165, 1.54) is 34.3 Å². The fourth-order valence-electron chi connectivity index (χ4n) is 9.46. The lowest BCUT2D eigenvalue weighted by Crippen LogP contribution is -2.51. The highest BCUT2D eigenvalue weighted by Crippen LogP contribution is 2.64. The molecule has 8 atom stereocenters. The first kappa shape index (κ1) is 25.2. The van der Waals surface area contributed by atoms with E-state index in [2.05, 4.69) is 132 Å². The Morgan fingerprint density at radius 3 is 2.36 bits per heavy atom. The zero-order chi connectivity index (χ0) is 25.5. The minimum atomic E-state index is -1.70. The molecule has 0 aromatic heterocycles. The van der Waals surface area contributed by atoms with Crippen molar-refractivity contribution in [2.75, 3.05) is 4.90 Å². The van der Waals surface area contributed by atoms with Crippen LogP contribution in [0.5, 0.6) is 0 Å². The van der Waals surface area contributed by atoms with E-state index in [0.29, 0.717) is 22.3 Å². The number of para-hydroxylation sites is 1. The van der Waals surface area contributed by atoms with Crippen molar-refractivity contribution in [3.63, 3.8) is 0 Å². The third kappa shape index (κ3) is 3.56. The van der Waals surface area contributed by atoms with E-state index in [4.69, 9.17) is 0 Å². The number of hydrogen-bond donors (Lipinski definition) is 0. The number of rotatable bonds is 3. The molecule has 8 unspecified atom stereocenters. The zero-order valence-electron chi connectivity index (χ0n) is 22.4. The van der Waals surface area contributed by atoms with E-state index in [-0.39, 0.29) is 0 Å². The van der Waals surface area contributed by atoms with Gasteiger partial charge in [-0.2, -0.15) is 0 Å². The molecule has 0 bridgehead atoms. The Labute approximate surface area is 235 Å². The van der Waals surface area contributed by atoms with Gasteiger partial charge in [0.05, 0.1) is 8.07 Å². The molecule has 0 radical (unpaired) electrons. The SMILES string of the molecule is CC1=Cc2c(Br)cccc2C1[Si](C)(C)C1C(C)CC2C(Br)C3C(C)=C(C)N(c4ccccc4)C3CC21. The van der Waals surface area contributed by atoms with Crippen molar-refractivity contribution in [2.45, 2.75) is 75.6 Å². The van der Waals surface area contributed by atoms with E-state index in [1.807, 2.05) is 0 Å². The van der Waals surface area contributed by atoms with E-state index in [0.717, 1.165) is 23.3 Å². The molecule has 1 heterocycles. The molecule has 0 amide bonds. The Morgan fingerprint density at radius 1 is 0.917 bits per heavy atom. The third-order valence-corrected chi connectivity index (χ3v) is 17.5. The van der Waals surface area contributed by atoms with Crippen molar-refractivity contribution in [2.24, 2.45) is 23.7 Å². The number of alkyl halides is 1. The standard InChI is InChI=1S/C32H39Br2NSi/c1-18-15-24-23(13-10-14-27(24)33)31(18)36(5,6)32-19(2)16-25-26(32)17-28-29(30(25)34)20(3)21(4)35(28)22-11-8-7-9-12-22/h7-15,19,25-26,28-32H,16-17H2,1-6H3. The van der Waals surface area contributed by atoms with Crippen molar-refractivity contribution < 1.29 is 0 Å². The molecule has 1 nitrogen and oxygen atoms in total. The molecular formula is C32H39Br2NSi. The summed E-state index contributed by atoms with van der Waals surface area (Å²) in [5.74, 6) is 2.98. The molecule has 0 saturated heterocycles. The first-order valence-electron chi connectivity index (χ1n) is 13.7. The van der Waals surface area contributed by atoms with Crippen molar-refractivity contribution in [3.8, 4) is 0 Å². The van der Waals surface area contributed by atoms with E-state index < -0.39 is 8.07 Å². The molecule has 2 fully saturated rings. The molecule has 3 aliphatic carbocycles. The monoisotopic (exact) mass is 623 g/mol. The van der Waals surface area contributed by atoms with E-state index in [9.17, 15) is 0 Å². The van der Waals surface area contributed by atoms with Crippen LogP contribution in [0.15, 0.2) is 69.8 Å². The van der Waals surface area contributed by atoms with Gasteiger partial charge in [0.15, 0.2) is 0 Å². The third-order valence-electron chi connectivity index (χ3n) is 10.6. The summed E-state index contributed by atoms with van der Waals surface area (Å²) < 4.78 is 1.26. The second kappa shape index (κ2) is 8.98. The van der Waals surface area contributed by atoms with Gasteiger partial charge in [-0.1, -0.05) is 93.9 Å². The van der Waals surface area contributed by atoms with Crippen molar-refractivity contribution in [1.82, 2.24) is 0 Å². The average Bonchev–Trinajstić information content (AvgIpc) is 3.45. The van der Waals surface area contributed by atoms with Crippen molar-refractivity contribution in [1.29, 1.82) is 0 Å². The number of hydrogen-bond acceptors (Lipinski definition) is 1. The second-order valence-corrected chi connectivity index (χ2v) is 19.5. The minimum Gasteiger partial charge on any atom is -0.342 e. The lowest BCUT2D eigenvalue weighted by molar-refractivity contribution is 0.221. The Hall–Kier alpha value is -1.10. The summed E-state index contributed by atoms with van der Waals surface area (Å²) in [6, 6.07) is 18.6. The molecule has 2 aromatic rings. The van der Waals surface area contributed by atoms with Crippen LogP contribution in [-0.4, -0.2) is 18.9 Å². The van der Waals surface area contributed by atoms with Gasteiger partial charge in [0.1, 0.15) is 0 Å². The molecular weight excluding hydrogens is 586 g/mol. The summed E-state index contributed by atoms with van der Waals surface area (Å²) in [6.45, 7) is 15.2. The summed E-state index contributed by atoms with van der Waals surface area (Å²) in [4.78, 5) is 3.27. The highest BCUT2D eigenvalue weighted by molar-refractivity contribution is 9.10. The maximum absolute atomic E-state index is 4.36. The molecule has 190 valence electrons. The first-order valence-corrected chi connectivity index (χ1v) is 18.6. The second-order valence-electron chi connectivity index (χ2n) is 12.7. The van der Waals surface area contributed by atoms with Crippen LogP contribution in [0.4, 0.5) is 5.69 Å². The normalized spacial score (nSPS) is 35.6. The van der Waals surface area contributed by atoms with E-state index in [1.54, 1.807) is 16.7 Å². The Morgan fingerprint density at radius 2 is 1.64 bits per heavy atom. The van der Waals surface area contributed by atoms with Crippen LogP contribution >= 0.6 is 31.9 Å². The van der Waals surface area contributed by atoms with Crippen LogP contribution in [0.2, 0.25) is 18.6 Å². The first-order chi connectivity index (χ1) is 17.1. The molecule has 0 spiro atoms. The van der Waals surface area contributed by atoms with Gasteiger partial charge in [0.2, 0.25) is 0 Å². The van der Waals surface area contributed by atoms with Gasteiger partial charge in [0.25, 0.3) is 0 Å². The topological polar surface area (TPSA) is 3.24 Å². The fraction of sp³-hybridized carbons (Fsp3) is 0.500. The summed E-state index contributed by atoms with van der Waals surface area (Å²) >= 11 is 8.21. The van der Waals surface area contributed by atoms with Crippen LogP contribution in [0, 0.1) is 23.7 Å². The summed E-state index contributed by atoms with van der Waals surface area (Å²) in [5.41, 5.74) is 10.5. The predicted octanol–water partition coefficient (Wildman–Crippen LogP) is 9.81. The minimum absolute atomic E-state index is 0.567. The lowest BCUT2D eigenvalue weighted by Gasteiger charge is -2.49. The molecule has 6 rings (SSSR count). The molecule has 4 aliphatic rings. The summed E-state index contributed by atoms with van der Waals surface area (Å²) in [7, 11) is -1.70. The van der Waals surface area contributed by atoms with E-state index >= 15 is 0 Å². The average molecular weight is 626 g/mol. The van der Waals surface area contributed by atoms with Crippen LogP contribution in [-0.2, 0) is 0 Å². The lowest BCUT2D eigenvalue weighted by atomic mass is 9.71. The highest BCUT2D eigenvalue weighted by Gasteiger charge is 2.60. The number of allylic oxidation sites excluding steroid dienone is 2. The smallest absolute Gasteiger partial charge is 0.0635 e. The summed E-state index contributed by atoms with van der Waals surface area (Å²) in [5, 5.41) is 0. The van der Waals surface area contributed by atoms with Gasteiger partial charge in [-0.25, -0.2) is 0 Å². The molecule has 4 heteroatoms. The molecule has 2 aromatic carbocycles. The molecule has 1 aliphatic heterocycles. The van der Waals surface area contributed by atoms with Gasteiger partial charge in [0, 0.05) is 38.2 Å². The molecule has 2 saturated carbocycles. The number of benzene rings is 2. The van der Waals surface area contributed by atoms with Gasteiger partial charge < -0.3 is 4.90 Å². The Balaban J connectivity index is 1.38. The van der Waals surface area contributed by atoms with Crippen LogP contribution < -0.4 is 4.90 Å². The van der Waals surface area contributed by atoms with Gasteiger partial charge >= 0.3 is 0 Å². The Kier molecular flexibility index (Phi) is 6.29. The maximum Gasteiger partial charge on any atom is 0.0635 e. The van der Waals surface area contributed by atoms with Crippen molar-refractivity contribution in [3.05, 3.63) is 81.0 Å². The zero-order valence-corrected chi connectivity index (χ0v) is 26.6. The van der Waals surface area contributed by atoms with Gasteiger partial charge in [-0.3, -0.25) is 0 Å². The number of halogens is 2. The Bertz CT molecular complexity index is 1250. The largest absolute Gasteiger partial charge is 0.342 e. The van der Waals surface area contributed by atoms with Crippen LogP contribution in [0.3, 0.4) is 0 Å². The number of anilines is 1. The number of nitrogens with zero attached hydrogens (tertiary/aromatic N) is 1. The summed E-state index contributed by atoms with van der Waals surface area (Å²) in [6.07, 6.45) is 5.18. The molecule has 0 N–H and O–H groups in total.